The molecule has 2 heterocycles. The summed E-state index contributed by atoms with van der Waals surface area (Å²) in [4.78, 5) is 14.7. The van der Waals surface area contributed by atoms with E-state index in [1.54, 1.807) is 25.3 Å². The van der Waals surface area contributed by atoms with Gasteiger partial charge in [0.15, 0.2) is 0 Å². The molecule has 3 rings (SSSR count). The third-order valence-electron chi connectivity index (χ3n) is 4.25. The number of fused-ring (bicyclic) bond motifs is 1. The van der Waals surface area contributed by atoms with Crippen molar-refractivity contribution in [2.24, 2.45) is 0 Å². The van der Waals surface area contributed by atoms with Crippen molar-refractivity contribution in [3.63, 3.8) is 0 Å². The van der Waals surface area contributed by atoms with Crippen molar-refractivity contribution in [3.8, 4) is 5.75 Å². The first-order valence-corrected chi connectivity index (χ1v) is 8.38. The van der Waals surface area contributed by atoms with Crippen molar-refractivity contribution >= 4 is 17.5 Å². The van der Waals surface area contributed by atoms with Crippen LogP contribution in [-0.4, -0.2) is 34.2 Å². The van der Waals surface area contributed by atoms with E-state index in [2.05, 4.69) is 30.6 Å². The zero-order chi connectivity index (χ0) is 17.5. The second kappa shape index (κ2) is 6.13. The topological polar surface area (TPSA) is 47.4 Å². The fourth-order valence-electron chi connectivity index (χ4n) is 3.10. The van der Waals surface area contributed by atoms with Crippen LogP contribution in [0.3, 0.4) is 0 Å². The maximum absolute atomic E-state index is 12.9. The molecule has 0 spiro atoms. The number of aromatic nitrogens is 2. The number of nitrogens with zero attached hydrogens (tertiary/aromatic N) is 3. The van der Waals surface area contributed by atoms with Crippen LogP contribution in [-0.2, 0) is 18.5 Å². The SMILES string of the molecule is COc1ccc(Cl)cc1C(=O)N1CCc2c(cnn2C(C)(C)C)C1. The van der Waals surface area contributed by atoms with Gasteiger partial charge in [0.1, 0.15) is 5.75 Å². The monoisotopic (exact) mass is 347 g/mol. The molecule has 0 saturated heterocycles. The number of ether oxygens (including phenoxy) is 1. The first-order chi connectivity index (χ1) is 11.3. The number of carbonyl (C=O) groups is 1. The molecule has 0 atom stereocenters. The van der Waals surface area contributed by atoms with E-state index in [9.17, 15) is 4.79 Å². The van der Waals surface area contributed by atoms with Crippen LogP contribution in [0.1, 0.15) is 42.4 Å². The molecule has 128 valence electrons. The number of benzene rings is 1. The molecule has 1 aliphatic heterocycles. The minimum atomic E-state index is -0.0662. The number of rotatable bonds is 2. The van der Waals surface area contributed by atoms with Gasteiger partial charge in [-0.1, -0.05) is 11.6 Å². The number of halogens is 1. The van der Waals surface area contributed by atoms with Crippen LogP contribution in [0.2, 0.25) is 5.02 Å². The summed E-state index contributed by atoms with van der Waals surface area (Å²) in [6, 6.07) is 5.11. The summed E-state index contributed by atoms with van der Waals surface area (Å²) >= 11 is 6.05. The Morgan fingerprint density at radius 1 is 1.33 bits per heavy atom. The summed E-state index contributed by atoms with van der Waals surface area (Å²) in [5.41, 5.74) is 2.75. The van der Waals surface area contributed by atoms with Crippen molar-refractivity contribution in [1.82, 2.24) is 14.7 Å². The van der Waals surface area contributed by atoms with E-state index >= 15 is 0 Å². The van der Waals surface area contributed by atoms with Crippen LogP contribution in [0, 0.1) is 0 Å². The summed E-state index contributed by atoms with van der Waals surface area (Å²) in [5, 5.41) is 5.04. The Bertz CT molecular complexity index is 777. The minimum Gasteiger partial charge on any atom is -0.496 e. The van der Waals surface area contributed by atoms with Crippen LogP contribution >= 0.6 is 11.6 Å². The van der Waals surface area contributed by atoms with Crippen molar-refractivity contribution in [1.29, 1.82) is 0 Å². The number of methoxy groups -OCH3 is 1. The van der Waals surface area contributed by atoms with Gasteiger partial charge < -0.3 is 9.64 Å². The Balaban J connectivity index is 1.87. The highest BCUT2D eigenvalue weighted by Crippen LogP contribution is 2.28. The number of hydrogen-bond acceptors (Lipinski definition) is 3. The molecule has 1 aromatic carbocycles. The second-order valence-electron chi connectivity index (χ2n) is 7.02. The fraction of sp³-hybridized carbons (Fsp3) is 0.444. The van der Waals surface area contributed by atoms with E-state index in [4.69, 9.17) is 16.3 Å². The van der Waals surface area contributed by atoms with Gasteiger partial charge in [-0.2, -0.15) is 5.10 Å². The van der Waals surface area contributed by atoms with Crippen LogP contribution in [0.5, 0.6) is 5.75 Å². The Morgan fingerprint density at radius 2 is 2.08 bits per heavy atom. The highest BCUT2D eigenvalue weighted by molar-refractivity contribution is 6.31. The smallest absolute Gasteiger partial charge is 0.257 e. The first-order valence-electron chi connectivity index (χ1n) is 8.00. The predicted octanol–water partition coefficient (Wildman–Crippen LogP) is 3.50. The van der Waals surface area contributed by atoms with Gasteiger partial charge in [-0.15, -0.1) is 0 Å². The predicted molar refractivity (Wildman–Crippen MR) is 93.7 cm³/mol. The number of amides is 1. The summed E-state index contributed by atoms with van der Waals surface area (Å²) in [5.74, 6) is 0.476. The molecule has 0 fully saturated rings. The highest BCUT2D eigenvalue weighted by Gasteiger charge is 2.29. The standard InChI is InChI=1S/C18H22ClN3O2/c1-18(2,3)22-15-7-8-21(11-12(15)10-20-22)17(23)14-9-13(19)5-6-16(14)24-4/h5-6,9-10H,7-8,11H2,1-4H3. The van der Waals surface area contributed by atoms with Crippen LogP contribution < -0.4 is 4.74 Å². The van der Waals surface area contributed by atoms with Gasteiger partial charge in [0, 0.05) is 35.8 Å². The molecule has 0 bridgehead atoms. The lowest BCUT2D eigenvalue weighted by atomic mass is 10.0. The van der Waals surface area contributed by atoms with E-state index in [1.807, 2.05) is 11.1 Å². The molecular formula is C18H22ClN3O2. The molecule has 0 unspecified atom stereocenters. The zero-order valence-electron chi connectivity index (χ0n) is 14.5. The largest absolute Gasteiger partial charge is 0.496 e. The fourth-order valence-corrected chi connectivity index (χ4v) is 3.27. The third kappa shape index (κ3) is 3.00. The van der Waals surface area contributed by atoms with Gasteiger partial charge in [-0.3, -0.25) is 9.48 Å². The van der Waals surface area contributed by atoms with Gasteiger partial charge in [0.05, 0.1) is 24.4 Å². The molecule has 5 nitrogen and oxygen atoms in total. The number of carbonyl (C=O) groups excluding carboxylic acids is 1. The van der Waals surface area contributed by atoms with Gasteiger partial charge >= 0.3 is 0 Å². The summed E-state index contributed by atoms with van der Waals surface area (Å²) in [6.45, 7) is 7.61. The van der Waals surface area contributed by atoms with Crippen molar-refractivity contribution in [2.45, 2.75) is 39.3 Å². The highest BCUT2D eigenvalue weighted by atomic mass is 35.5. The quantitative estimate of drug-likeness (QED) is 0.835. The van der Waals surface area contributed by atoms with E-state index in [1.165, 1.54) is 5.69 Å². The molecule has 1 amide bonds. The molecule has 0 N–H and O–H groups in total. The van der Waals surface area contributed by atoms with Gasteiger partial charge in [-0.25, -0.2) is 0 Å². The molecule has 6 heteroatoms. The lowest BCUT2D eigenvalue weighted by molar-refractivity contribution is 0.0729. The maximum Gasteiger partial charge on any atom is 0.257 e. The van der Waals surface area contributed by atoms with E-state index in [-0.39, 0.29) is 11.4 Å². The normalized spacial score (nSPS) is 14.5. The van der Waals surface area contributed by atoms with Crippen LogP contribution in [0.4, 0.5) is 0 Å². The first kappa shape index (κ1) is 16.8. The Morgan fingerprint density at radius 3 is 2.75 bits per heavy atom. The van der Waals surface area contributed by atoms with Gasteiger partial charge in [-0.05, 0) is 39.0 Å². The molecule has 1 aliphatic rings. The summed E-state index contributed by atoms with van der Waals surface area (Å²) in [6.07, 6.45) is 2.66. The molecule has 0 radical (unpaired) electrons. The maximum atomic E-state index is 12.9. The molecule has 0 aliphatic carbocycles. The molecular weight excluding hydrogens is 326 g/mol. The van der Waals surface area contributed by atoms with Gasteiger partial charge in [0.2, 0.25) is 0 Å². The zero-order valence-corrected chi connectivity index (χ0v) is 15.2. The van der Waals surface area contributed by atoms with Crippen LogP contribution in [0.15, 0.2) is 24.4 Å². The minimum absolute atomic E-state index is 0.0596. The summed E-state index contributed by atoms with van der Waals surface area (Å²) in [7, 11) is 1.56. The van der Waals surface area contributed by atoms with Crippen LogP contribution in [0.25, 0.3) is 0 Å². The Hall–Kier alpha value is -2.01. The second-order valence-corrected chi connectivity index (χ2v) is 7.46. The van der Waals surface area contributed by atoms with Crippen molar-refractivity contribution in [2.75, 3.05) is 13.7 Å². The van der Waals surface area contributed by atoms with E-state index < -0.39 is 0 Å². The molecule has 1 aromatic heterocycles. The average molecular weight is 348 g/mol. The number of hydrogen-bond donors (Lipinski definition) is 0. The van der Waals surface area contributed by atoms with Crippen molar-refractivity contribution in [3.05, 3.63) is 46.2 Å². The molecule has 24 heavy (non-hydrogen) atoms. The average Bonchev–Trinajstić information content (AvgIpc) is 2.97. The lowest BCUT2D eigenvalue weighted by Crippen LogP contribution is -2.37. The summed E-state index contributed by atoms with van der Waals surface area (Å²) < 4.78 is 7.37. The molecule has 0 saturated carbocycles. The Kier molecular flexibility index (Phi) is 4.30. The van der Waals surface area contributed by atoms with Crippen molar-refractivity contribution < 1.29 is 9.53 Å². The van der Waals surface area contributed by atoms with E-state index in [0.717, 1.165) is 12.0 Å². The lowest BCUT2D eigenvalue weighted by Gasteiger charge is -2.30. The van der Waals surface area contributed by atoms with E-state index in [0.29, 0.717) is 29.4 Å². The third-order valence-corrected chi connectivity index (χ3v) is 4.48. The van der Waals surface area contributed by atoms with Gasteiger partial charge in [0.25, 0.3) is 5.91 Å². The molecule has 2 aromatic rings. The Labute approximate surface area is 147 Å².